The van der Waals surface area contributed by atoms with E-state index in [2.05, 4.69) is 0 Å². The quantitative estimate of drug-likeness (QED) is 0.861. The van der Waals surface area contributed by atoms with Gasteiger partial charge in [-0.15, -0.1) is 0 Å². The first kappa shape index (κ1) is 12.9. The van der Waals surface area contributed by atoms with E-state index >= 15 is 0 Å². The third-order valence-corrected chi connectivity index (χ3v) is 2.18. The number of alkyl halides is 1. The molecule has 2 N–H and O–H groups in total. The van der Waals surface area contributed by atoms with Gasteiger partial charge in [-0.3, -0.25) is 0 Å². The molecule has 0 amide bonds. The summed E-state index contributed by atoms with van der Waals surface area (Å²) in [7, 11) is 1.39. The summed E-state index contributed by atoms with van der Waals surface area (Å²) in [5.74, 6) is -0.396. The van der Waals surface area contributed by atoms with E-state index in [1.807, 2.05) is 13.8 Å². The Morgan fingerprint density at radius 1 is 1.38 bits per heavy atom. The molecule has 0 aliphatic carbocycles. The molecule has 1 aromatic rings. The van der Waals surface area contributed by atoms with Crippen LogP contribution >= 0.6 is 0 Å². The molecular formula is C12H17F2NO. The molecule has 1 aromatic carbocycles. The summed E-state index contributed by atoms with van der Waals surface area (Å²) < 4.78 is 31.0. The highest BCUT2D eigenvalue weighted by atomic mass is 19.1. The van der Waals surface area contributed by atoms with Gasteiger partial charge in [0.25, 0.3) is 0 Å². The van der Waals surface area contributed by atoms with Crippen LogP contribution in [0.5, 0.6) is 5.75 Å². The van der Waals surface area contributed by atoms with Crippen LogP contribution < -0.4 is 10.5 Å². The smallest absolute Gasteiger partial charge is 0.165 e. The van der Waals surface area contributed by atoms with Gasteiger partial charge in [0, 0.05) is 5.54 Å². The van der Waals surface area contributed by atoms with Gasteiger partial charge in [0.1, 0.15) is 6.67 Å². The third kappa shape index (κ3) is 3.17. The van der Waals surface area contributed by atoms with Gasteiger partial charge >= 0.3 is 0 Å². The maximum Gasteiger partial charge on any atom is 0.165 e. The van der Waals surface area contributed by atoms with Gasteiger partial charge in [0.05, 0.1) is 7.11 Å². The Bertz CT molecular complexity index is 372. The van der Waals surface area contributed by atoms with Gasteiger partial charge in [0.15, 0.2) is 11.6 Å². The number of nitrogens with two attached hydrogens (primary N) is 1. The van der Waals surface area contributed by atoms with Crippen molar-refractivity contribution < 1.29 is 13.5 Å². The highest BCUT2D eigenvalue weighted by Gasteiger charge is 2.18. The standard InChI is InChI=1S/C12H17F2NO/c1-12(2,15)6-9-4-8(7-13)5-10(14)11(9)16-3/h4-5H,6-7,15H2,1-3H3. The first-order chi connectivity index (χ1) is 7.37. The van der Waals surface area contributed by atoms with E-state index in [-0.39, 0.29) is 5.75 Å². The Morgan fingerprint density at radius 2 is 2.00 bits per heavy atom. The van der Waals surface area contributed by atoms with Crippen LogP contribution in [0.3, 0.4) is 0 Å². The molecular weight excluding hydrogens is 212 g/mol. The van der Waals surface area contributed by atoms with E-state index < -0.39 is 18.0 Å². The van der Waals surface area contributed by atoms with Crippen molar-refractivity contribution >= 4 is 0 Å². The van der Waals surface area contributed by atoms with Crippen LogP contribution in [0.2, 0.25) is 0 Å². The van der Waals surface area contributed by atoms with E-state index in [4.69, 9.17) is 10.5 Å². The molecule has 16 heavy (non-hydrogen) atoms. The molecule has 90 valence electrons. The molecule has 0 saturated heterocycles. The van der Waals surface area contributed by atoms with Crippen molar-refractivity contribution in [3.63, 3.8) is 0 Å². The normalized spacial score (nSPS) is 11.6. The minimum Gasteiger partial charge on any atom is -0.493 e. The number of ether oxygens (including phenoxy) is 1. The summed E-state index contributed by atoms with van der Waals surface area (Å²) in [6.45, 7) is 2.96. The SMILES string of the molecule is COc1c(F)cc(CF)cc1CC(C)(C)N. The lowest BCUT2D eigenvalue weighted by molar-refractivity contribution is 0.374. The van der Waals surface area contributed by atoms with Crippen LogP contribution in [0.15, 0.2) is 12.1 Å². The summed E-state index contributed by atoms with van der Waals surface area (Å²) in [5.41, 5.74) is 6.27. The first-order valence-corrected chi connectivity index (χ1v) is 5.07. The zero-order valence-corrected chi connectivity index (χ0v) is 9.81. The molecule has 0 bridgehead atoms. The van der Waals surface area contributed by atoms with Gasteiger partial charge in [0.2, 0.25) is 0 Å². The lowest BCUT2D eigenvalue weighted by Crippen LogP contribution is -2.34. The van der Waals surface area contributed by atoms with Crippen molar-refractivity contribution in [2.75, 3.05) is 7.11 Å². The molecule has 4 heteroatoms. The molecule has 0 fully saturated rings. The third-order valence-electron chi connectivity index (χ3n) is 2.18. The maximum atomic E-state index is 13.5. The molecule has 0 heterocycles. The topological polar surface area (TPSA) is 35.2 Å². The van der Waals surface area contributed by atoms with E-state index in [1.54, 1.807) is 6.07 Å². The van der Waals surface area contributed by atoms with Crippen LogP contribution in [0.1, 0.15) is 25.0 Å². The predicted octanol–water partition coefficient (Wildman–Crippen LogP) is 2.58. The highest BCUT2D eigenvalue weighted by Crippen LogP contribution is 2.27. The number of rotatable bonds is 4. The van der Waals surface area contributed by atoms with Crippen molar-refractivity contribution in [1.29, 1.82) is 0 Å². The minimum absolute atomic E-state index is 0.149. The van der Waals surface area contributed by atoms with Gasteiger partial charge in [-0.25, -0.2) is 8.78 Å². The van der Waals surface area contributed by atoms with Crippen LogP contribution in [0.25, 0.3) is 0 Å². The summed E-state index contributed by atoms with van der Waals surface area (Å²) in [6.07, 6.45) is 0.431. The van der Waals surface area contributed by atoms with Crippen molar-refractivity contribution in [3.8, 4) is 5.75 Å². The molecule has 2 nitrogen and oxygen atoms in total. The largest absolute Gasteiger partial charge is 0.493 e. The number of hydrogen-bond donors (Lipinski definition) is 1. The number of benzene rings is 1. The molecule has 0 aliphatic rings. The minimum atomic E-state index is -0.696. The van der Waals surface area contributed by atoms with Gasteiger partial charge < -0.3 is 10.5 Å². The zero-order valence-electron chi connectivity index (χ0n) is 9.81. The first-order valence-electron chi connectivity index (χ1n) is 5.07. The van der Waals surface area contributed by atoms with Crippen molar-refractivity contribution in [2.24, 2.45) is 5.73 Å². The fourth-order valence-corrected chi connectivity index (χ4v) is 1.64. The van der Waals surface area contributed by atoms with E-state index in [0.29, 0.717) is 17.5 Å². The van der Waals surface area contributed by atoms with Crippen molar-refractivity contribution in [2.45, 2.75) is 32.5 Å². The fourth-order valence-electron chi connectivity index (χ4n) is 1.64. The summed E-state index contributed by atoms with van der Waals surface area (Å²) in [4.78, 5) is 0. The molecule has 0 saturated carbocycles. The second-order valence-corrected chi connectivity index (χ2v) is 4.57. The predicted molar refractivity (Wildman–Crippen MR) is 59.7 cm³/mol. The molecule has 0 atom stereocenters. The Balaban J connectivity index is 3.18. The Morgan fingerprint density at radius 3 is 2.44 bits per heavy atom. The van der Waals surface area contributed by atoms with Gasteiger partial charge in [-0.2, -0.15) is 0 Å². The zero-order chi connectivity index (χ0) is 12.3. The average Bonchev–Trinajstić information content (AvgIpc) is 2.14. The highest BCUT2D eigenvalue weighted by molar-refractivity contribution is 5.39. The molecule has 0 aromatic heterocycles. The van der Waals surface area contributed by atoms with E-state index in [0.717, 1.165) is 6.07 Å². The van der Waals surface area contributed by atoms with Crippen LogP contribution in [-0.2, 0) is 13.1 Å². The maximum absolute atomic E-state index is 13.5. The van der Waals surface area contributed by atoms with Crippen molar-refractivity contribution in [1.82, 2.24) is 0 Å². The van der Waals surface area contributed by atoms with E-state index in [1.165, 1.54) is 7.11 Å². The molecule has 1 rings (SSSR count). The molecule has 0 aliphatic heterocycles. The van der Waals surface area contributed by atoms with Crippen molar-refractivity contribution in [3.05, 3.63) is 29.1 Å². The summed E-state index contributed by atoms with van der Waals surface area (Å²) in [5, 5.41) is 0. The monoisotopic (exact) mass is 229 g/mol. The number of hydrogen-bond acceptors (Lipinski definition) is 2. The number of halogens is 2. The fraction of sp³-hybridized carbons (Fsp3) is 0.500. The Hall–Kier alpha value is -1.16. The Kier molecular flexibility index (Phi) is 3.86. The molecule has 0 radical (unpaired) electrons. The second-order valence-electron chi connectivity index (χ2n) is 4.57. The average molecular weight is 229 g/mol. The molecule has 0 spiro atoms. The van der Waals surface area contributed by atoms with Crippen LogP contribution in [0, 0.1) is 5.82 Å². The number of methoxy groups -OCH3 is 1. The van der Waals surface area contributed by atoms with Gasteiger partial charge in [-0.05, 0) is 43.5 Å². The van der Waals surface area contributed by atoms with Gasteiger partial charge in [-0.1, -0.05) is 0 Å². The lowest BCUT2D eigenvalue weighted by atomic mass is 9.94. The summed E-state index contributed by atoms with van der Waals surface area (Å²) >= 11 is 0. The summed E-state index contributed by atoms with van der Waals surface area (Å²) in [6, 6.07) is 2.74. The van der Waals surface area contributed by atoms with Crippen LogP contribution in [-0.4, -0.2) is 12.6 Å². The Labute approximate surface area is 94.4 Å². The lowest BCUT2D eigenvalue weighted by Gasteiger charge is -2.20. The second kappa shape index (κ2) is 4.78. The molecule has 0 unspecified atom stereocenters. The van der Waals surface area contributed by atoms with E-state index in [9.17, 15) is 8.78 Å². The van der Waals surface area contributed by atoms with Crippen LogP contribution in [0.4, 0.5) is 8.78 Å².